The Morgan fingerprint density at radius 2 is 1.96 bits per heavy atom. The molecule has 2 aromatic rings. The van der Waals surface area contributed by atoms with Crippen LogP contribution < -0.4 is 5.32 Å². The fourth-order valence-corrected chi connectivity index (χ4v) is 3.56. The van der Waals surface area contributed by atoms with Gasteiger partial charge < -0.3 is 5.32 Å². The fraction of sp³-hybridized carbons (Fsp3) is 0.0588. The van der Waals surface area contributed by atoms with Crippen molar-refractivity contribution < 1.29 is 9.59 Å². The maximum atomic E-state index is 12.4. The molecule has 0 atom stereocenters. The van der Waals surface area contributed by atoms with Crippen LogP contribution in [0.25, 0.3) is 6.08 Å². The van der Waals surface area contributed by atoms with Crippen LogP contribution in [0.3, 0.4) is 0 Å². The van der Waals surface area contributed by atoms with Crippen LogP contribution in [0.15, 0.2) is 57.9 Å². The maximum Gasteiger partial charge on any atom is 0.295 e. The van der Waals surface area contributed by atoms with E-state index in [1.165, 1.54) is 4.90 Å². The van der Waals surface area contributed by atoms with Gasteiger partial charge in [-0.2, -0.15) is 0 Å². The van der Waals surface area contributed by atoms with Crippen molar-refractivity contribution in [1.29, 1.82) is 0 Å². The van der Waals surface area contributed by atoms with E-state index in [1.54, 1.807) is 18.2 Å². The summed E-state index contributed by atoms with van der Waals surface area (Å²) in [6.45, 7) is 0.112. The van der Waals surface area contributed by atoms with Gasteiger partial charge in [-0.15, -0.1) is 0 Å². The summed E-state index contributed by atoms with van der Waals surface area (Å²) in [5.74, 6) is -0.326. The molecule has 1 aliphatic rings. The van der Waals surface area contributed by atoms with E-state index in [0.29, 0.717) is 15.5 Å². The second-order valence-electron chi connectivity index (χ2n) is 4.98. The van der Waals surface area contributed by atoms with Crippen LogP contribution >= 0.6 is 39.3 Å². The molecular formula is C17H12BrClN2O2S. The van der Waals surface area contributed by atoms with E-state index in [9.17, 15) is 9.59 Å². The monoisotopic (exact) mass is 422 g/mol. The van der Waals surface area contributed by atoms with Crippen LogP contribution in [0, 0.1) is 0 Å². The molecular weight excluding hydrogens is 412 g/mol. The smallest absolute Gasteiger partial charge is 0.295 e. The van der Waals surface area contributed by atoms with Crippen LogP contribution in [0.1, 0.15) is 5.56 Å². The van der Waals surface area contributed by atoms with Crippen molar-refractivity contribution in [3.8, 4) is 0 Å². The van der Waals surface area contributed by atoms with E-state index in [4.69, 9.17) is 11.6 Å². The van der Waals surface area contributed by atoms with Gasteiger partial charge in [0.05, 0.1) is 11.6 Å². The number of imide groups is 1. The second kappa shape index (κ2) is 7.42. The number of hydrogen-bond donors (Lipinski definition) is 1. The number of carbonyl (C=O) groups excluding carboxylic acids is 2. The predicted octanol–water partition coefficient (Wildman–Crippen LogP) is 5.21. The zero-order valence-corrected chi connectivity index (χ0v) is 15.5. The molecule has 3 rings (SSSR count). The third kappa shape index (κ3) is 3.83. The molecule has 1 aliphatic heterocycles. The highest BCUT2D eigenvalue weighted by Crippen LogP contribution is 2.33. The summed E-state index contributed by atoms with van der Waals surface area (Å²) in [6, 6.07) is 14.7. The quantitative estimate of drug-likeness (QED) is 0.686. The molecule has 2 amide bonds. The lowest BCUT2D eigenvalue weighted by molar-refractivity contribution is -0.122. The molecule has 1 fully saturated rings. The SMILES string of the molecule is O=C1S/C(=C/c2ccccc2Cl)C(=O)N1CNc1cccc(Br)c1. The van der Waals surface area contributed by atoms with Gasteiger partial charge in [0.25, 0.3) is 11.1 Å². The summed E-state index contributed by atoms with van der Waals surface area (Å²) < 4.78 is 0.917. The largest absolute Gasteiger partial charge is 0.367 e. The predicted molar refractivity (Wildman–Crippen MR) is 102 cm³/mol. The van der Waals surface area contributed by atoms with Gasteiger partial charge in [-0.05, 0) is 47.7 Å². The van der Waals surface area contributed by atoms with E-state index in [-0.39, 0.29) is 17.8 Å². The van der Waals surface area contributed by atoms with Crippen LogP contribution in [0.4, 0.5) is 10.5 Å². The minimum Gasteiger partial charge on any atom is -0.367 e. The van der Waals surface area contributed by atoms with Gasteiger partial charge in [-0.3, -0.25) is 14.5 Å². The first kappa shape index (κ1) is 17.1. The molecule has 1 saturated heterocycles. The molecule has 24 heavy (non-hydrogen) atoms. The van der Waals surface area contributed by atoms with E-state index >= 15 is 0 Å². The second-order valence-corrected chi connectivity index (χ2v) is 7.29. The van der Waals surface area contributed by atoms with Crippen molar-refractivity contribution in [3.63, 3.8) is 0 Å². The Labute approximate surface area is 157 Å². The lowest BCUT2D eigenvalue weighted by Gasteiger charge is -2.14. The molecule has 1 heterocycles. The lowest BCUT2D eigenvalue weighted by Crippen LogP contribution is -2.33. The van der Waals surface area contributed by atoms with Crippen molar-refractivity contribution in [2.75, 3.05) is 12.0 Å². The molecule has 0 aliphatic carbocycles. The van der Waals surface area contributed by atoms with Gasteiger partial charge in [0.1, 0.15) is 0 Å². The van der Waals surface area contributed by atoms with Crippen molar-refractivity contribution in [3.05, 3.63) is 68.5 Å². The number of rotatable bonds is 4. The van der Waals surface area contributed by atoms with Gasteiger partial charge in [-0.25, -0.2) is 0 Å². The van der Waals surface area contributed by atoms with E-state index in [2.05, 4.69) is 21.2 Å². The first-order valence-electron chi connectivity index (χ1n) is 7.04. The van der Waals surface area contributed by atoms with Crippen LogP contribution in [0.2, 0.25) is 5.02 Å². The molecule has 0 spiro atoms. The van der Waals surface area contributed by atoms with Crippen molar-refractivity contribution >= 4 is 62.2 Å². The summed E-state index contributed by atoms with van der Waals surface area (Å²) in [7, 11) is 0. The van der Waals surface area contributed by atoms with Gasteiger partial charge >= 0.3 is 0 Å². The van der Waals surface area contributed by atoms with Gasteiger partial charge in [0.2, 0.25) is 0 Å². The highest BCUT2D eigenvalue weighted by molar-refractivity contribution is 9.10. The molecule has 0 saturated carbocycles. The molecule has 0 aromatic heterocycles. The van der Waals surface area contributed by atoms with Crippen molar-refractivity contribution in [2.24, 2.45) is 0 Å². The molecule has 0 radical (unpaired) electrons. The van der Waals surface area contributed by atoms with Crippen molar-refractivity contribution in [2.45, 2.75) is 0 Å². The zero-order valence-electron chi connectivity index (χ0n) is 12.3. The zero-order chi connectivity index (χ0) is 17.1. The number of thioether (sulfide) groups is 1. The number of carbonyl (C=O) groups is 2. The molecule has 4 nitrogen and oxygen atoms in total. The van der Waals surface area contributed by atoms with E-state index < -0.39 is 0 Å². The van der Waals surface area contributed by atoms with Crippen LogP contribution in [-0.2, 0) is 4.79 Å². The summed E-state index contributed by atoms with van der Waals surface area (Å²) in [4.78, 5) is 26.1. The lowest BCUT2D eigenvalue weighted by atomic mass is 10.2. The summed E-state index contributed by atoms with van der Waals surface area (Å²) in [5, 5.41) is 3.31. The number of anilines is 1. The third-order valence-corrected chi connectivity index (χ3v) is 5.08. The first-order valence-corrected chi connectivity index (χ1v) is 9.02. The van der Waals surface area contributed by atoms with E-state index in [0.717, 1.165) is 21.9 Å². The molecule has 1 N–H and O–H groups in total. The summed E-state index contributed by atoms with van der Waals surface area (Å²) in [5.41, 5.74) is 1.53. The topological polar surface area (TPSA) is 49.4 Å². The molecule has 2 aromatic carbocycles. The number of benzene rings is 2. The normalized spacial score (nSPS) is 16.1. The number of hydrogen-bond acceptors (Lipinski definition) is 4. The average Bonchev–Trinajstić information content (AvgIpc) is 2.82. The minimum absolute atomic E-state index is 0.112. The molecule has 0 bridgehead atoms. The first-order chi connectivity index (χ1) is 11.5. The number of nitrogens with one attached hydrogen (secondary N) is 1. The average molecular weight is 424 g/mol. The van der Waals surface area contributed by atoms with Gasteiger partial charge in [-0.1, -0.05) is 51.8 Å². The maximum absolute atomic E-state index is 12.4. The minimum atomic E-state index is -0.326. The number of halogens is 2. The standard InChI is InChI=1S/C17H12BrClN2O2S/c18-12-5-3-6-13(9-12)20-10-21-16(22)15(24-17(21)23)8-11-4-1-2-7-14(11)19/h1-9,20H,10H2/b15-8+. The Balaban J connectivity index is 1.73. The van der Waals surface area contributed by atoms with Crippen molar-refractivity contribution in [1.82, 2.24) is 4.90 Å². The highest BCUT2D eigenvalue weighted by Gasteiger charge is 2.34. The molecule has 7 heteroatoms. The van der Waals surface area contributed by atoms with E-state index in [1.807, 2.05) is 36.4 Å². The van der Waals surface area contributed by atoms with Crippen LogP contribution in [-0.4, -0.2) is 22.7 Å². The Morgan fingerprint density at radius 1 is 1.17 bits per heavy atom. The highest BCUT2D eigenvalue weighted by atomic mass is 79.9. The van der Waals surface area contributed by atoms with Gasteiger partial charge in [0, 0.05) is 15.2 Å². The Morgan fingerprint density at radius 3 is 2.71 bits per heavy atom. The third-order valence-electron chi connectivity index (χ3n) is 3.33. The Kier molecular flexibility index (Phi) is 5.28. The molecule has 122 valence electrons. The number of amides is 2. The Bertz CT molecular complexity index is 841. The van der Waals surface area contributed by atoms with Crippen LogP contribution in [0.5, 0.6) is 0 Å². The summed E-state index contributed by atoms with van der Waals surface area (Å²) in [6.07, 6.45) is 1.65. The molecule has 0 unspecified atom stereocenters. The number of nitrogens with zero attached hydrogens (tertiary/aromatic N) is 1. The fourth-order valence-electron chi connectivity index (χ4n) is 2.14. The Hall–Kier alpha value is -1.76. The summed E-state index contributed by atoms with van der Waals surface area (Å²) >= 11 is 10.4. The van der Waals surface area contributed by atoms with Gasteiger partial charge in [0.15, 0.2) is 0 Å².